The van der Waals surface area contributed by atoms with Gasteiger partial charge in [0.1, 0.15) is 5.82 Å². The van der Waals surface area contributed by atoms with E-state index in [9.17, 15) is 22.0 Å². The van der Waals surface area contributed by atoms with Crippen molar-refractivity contribution in [3.8, 4) is 0 Å². The first-order valence-electron chi connectivity index (χ1n) is 12.8. The summed E-state index contributed by atoms with van der Waals surface area (Å²) in [6.07, 6.45) is 2.99. The van der Waals surface area contributed by atoms with Gasteiger partial charge in [-0.1, -0.05) is 6.92 Å². The summed E-state index contributed by atoms with van der Waals surface area (Å²) >= 11 is 0. The van der Waals surface area contributed by atoms with Crippen molar-refractivity contribution in [2.24, 2.45) is 11.8 Å². The molecule has 2 aliphatic heterocycles. The Bertz CT molecular complexity index is 1110. The summed E-state index contributed by atoms with van der Waals surface area (Å²) in [6.45, 7) is 3.93. The molecule has 2 saturated carbocycles. The SMILES string of the molecule is C[C@@H]1C[C@H](NS(C)(=O)=O)[C@H](CO[C@H]2CC[C@]3(c4ncc(F)cn4)C(C2)[C@@H]3C)N1C(=O)O[C@H]1COC[C@@H]1F. The summed E-state index contributed by atoms with van der Waals surface area (Å²) in [7, 11) is -3.54. The number of aromatic nitrogens is 2. The van der Waals surface area contributed by atoms with Gasteiger partial charge in [0, 0.05) is 17.5 Å². The summed E-state index contributed by atoms with van der Waals surface area (Å²) in [6, 6.07) is -1.51. The molecular weight excluding hydrogens is 510 g/mol. The van der Waals surface area contributed by atoms with Crippen LogP contribution in [0.3, 0.4) is 0 Å². The predicted molar refractivity (Wildman–Crippen MR) is 127 cm³/mol. The third-order valence-corrected chi connectivity index (χ3v) is 9.32. The van der Waals surface area contributed by atoms with Crippen LogP contribution in [0.15, 0.2) is 12.4 Å². The maximum Gasteiger partial charge on any atom is 0.410 e. The molecule has 0 bridgehead atoms. The van der Waals surface area contributed by atoms with E-state index in [0.29, 0.717) is 24.1 Å². The normalized spacial score (nSPS) is 39.4. The number of nitrogens with zero attached hydrogens (tertiary/aromatic N) is 3. The van der Waals surface area contributed by atoms with Crippen LogP contribution in [0, 0.1) is 17.7 Å². The minimum Gasteiger partial charge on any atom is -0.440 e. The molecule has 37 heavy (non-hydrogen) atoms. The first kappa shape index (κ1) is 26.6. The quantitative estimate of drug-likeness (QED) is 0.553. The second-order valence-corrected chi connectivity index (χ2v) is 12.7. The third kappa shape index (κ3) is 5.19. The summed E-state index contributed by atoms with van der Waals surface area (Å²) in [4.78, 5) is 23.0. The van der Waals surface area contributed by atoms with E-state index in [0.717, 1.165) is 25.5 Å². The topological polar surface area (TPSA) is 120 Å². The van der Waals surface area contributed by atoms with E-state index < -0.39 is 46.3 Å². The predicted octanol–water partition coefficient (Wildman–Crippen LogP) is 1.94. The summed E-state index contributed by atoms with van der Waals surface area (Å²) in [5.41, 5.74) is -0.169. The van der Waals surface area contributed by atoms with Crippen LogP contribution in [0.25, 0.3) is 0 Å². The van der Waals surface area contributed by atoms with Gasteiger partial charge in [0.05, 0.1) is 50.6 Å². The maximum atomic E-state index is 14.0. The van der Waals surface area contributed by atoms with Gasteiger partial charge in [-0.2, -0.15) is 0 Å². The van der Waals surface area contributed by atoms with Gasteiger partial charge in [-0.05, 0) is 44.4 Å². The fraction of sp³-hybridized carbons (Fsp3) is 0.792. The van der Waals surface area contributed by atoms with E-state index in [2.05, 4.69) is 21.6 Å². The van der Waals surface area contributed by atoms with Crippen molar-refractivity contribution in [1.82, 2.24) is 19.6 Å². The number of carbonyl (C=O) groups excluding carboxylic acids is 1. The lowest BCUT2D eigenvalue weighted by Crippen LogP contribution is -2.51. The number of alkyl halides is 1. The molecule has 5 rings (SSSR count). The van der Waals surface area contributed by atoms with E-state index in [-0.39, 0.29) is 37.4 Å². The Morgan fingerprint density at radius 3 is 2.62 bits per heavy atom. The average Bonchev–Trinajstić information content (AvgIpc) is 3.06. The fourth-order valence-corrected chi connectivity index (χ4v) is 7.46. The molecule has 3 heterocycles. The second-order valence-electron chi connectivity index (χ2n) is 10.9. The molecule has 0 radical (unpaired) electrons. The van der Waals surface area contributed by atoms with Crippen LogP contribution in [0.1, 0.15) is 45.4 Å². The van der Waals surface area contributed by atoms with Crippen LogP contribution >= 0.6 is 0 Å². The Balaban J connectivity index is 1.25. The highest BCUT2D eigenvalue weighted by molar-refractivity contribution is 7.88. The molecule has 1 aromatic heterocycles. The number of likely N-dealkylation sites (tertiary alicyclic amines) is 1. The lowest BCUT2D eigenvalue weighted by atomic mass is 9.85. The Labute approximate surface area is 215 Å². The zero-order valence-electron chi connectivity index (χ0n) is 21.2. The van der Waals surface area contributed by atoms with Gasteiger partial charge in [-0.25, -0.2) is 36.7 Å². The zero-order valence-corrected chi connectivity index (χ0v) is 22.0. The van der Waals surface area contributed by atoms with E-state index >= 15 is 0 Å². The molecule has 206 valence electrons. The molecule has 2 aliphatic carbocycles. The molecule has 4 fully saturated rings. The lowest BCUT2D eigenvalue weighted by Gasteiger charge is -2.33. The molecule has 10 nitrogen and oxygen atoms in total. The zero-order chi connectivity index (χ0) is 26.5. The Hall–Kier alpha value is -1.96. The smallest absolute Gasteiger partial charge is 0.410 e. The first-order valence-corrected chi connectivity index (χ1v) is 14.7. The second kappa shape index (κ2) is 9.97. The summed E-state index contributed by atoms with van der Waals surface area (Å²) in [5, 5.41) is 0. The van der Waals surface area contributed by atoms with Gasteiger partial charge < -0.3 is 14.2 Å². The van der Waals surface area contributed by atoms with Crippen molar-refractivity contribution in [3.05, 3.63) is 24.0 Å². The minimum absolute atomic E-state index is 0.0114. The van der Waals surface area contributed by atoms with Crippen molar-refractivity contribution in [1.29, 1.82) is 0 Å². The number of fused-ring (bicyclic) bond motifs is 1. The third-order valence-electron chi connectivity index (χ3n) is 8.59. The molecular formula is C24H34F2N4O6S. The number of hydrogen-bond acceptors (Lipinski definition) is 8. The number of ether oxygens (including phenoxy) is 3. The van der Waals surface area contributed by atoms with Crippen LogP contribution in [-0.2, 0) is 29.6 Å². The Morgan fingerprint density at radius 2 is 2.00 bits per heavy atom. The molecule has 1 aromatic rings. The monoisotopic (exact) mass is 544 g/mol. The van der Waals surface area contributed by atoms with Gasteiger partial charge in [0.15, 0.2) is 18.1 Å². The first-order chi connectivity index (χ1) is 17.5. The fourth-order valence-electron chi connectivity index (χ4n) is 6.65. The van der Waals surface area contributed by atoms with E-state index in [1.807, 2.05) is 0 Å². The minimum atomic E-state index is -3.54. The number of rotatable bonds is 7. The number of carbonyl (C=O) groups is 1. The van der Waals surface area contributed by atoms with Crippen LogP contribution in [0.4, 0.5) is 13.6 Å². The lowest BCUT2D eigenvalue weighted by molar-refractivity contribution is -0.0202. The largest absolute Gasteiger partial charge is 0.440 e. The van der Waals surface area contributed by atoms with Gasteiger partial charge in [0.2, 0.25) is 10.0 Å². The van der Waals surface area contributed by atoms with Crippen molar-refractivity contribution < 1.29 is 36.2 Å². The van der Waals surface area contributed by atoms with Gasteiger partial charge in [-0.15, -0.1) is 0 Å². The molecule has 9 atom stereocenters. The van der Waals surface area contributed by atoms with Crippen LogP contribution in [0.5, 0.6) is 0 Å². The molecule has 0 aromatic carbocycles. The Morgan fingerprint density at radius 1 is 1.27 bits per heavy atom. The van der Waals surface area contributed by atoms with Crippen molar-refractivity contribution in [3.63, 3.8) is 0 Å². The number of amides is 1. The highest BCUT2D eigenvalue weighted by Crippen LogP contribution is 2.66. The molecule has 13 heteroatoms. The summed E-state index contributed by atoms with van der Waals surface area (Å²) < 4.78 is 70.8. The van der Waals surface area contributed by atoms with E-state index in [1.165, 1.54) is 17.3 Å². The van der Waals surface area contributed by atoms with Gasteiger partial charge >= 0.3 is 6.09 Å². The highest BCUT2D eigenvalue weighted by Gasteiger charge is 2.66. The maximum absolute atomic E-state index is 14.0. The van der Waals surface area contributed by atoms with Gasteiger partial charge in [-0.3, -0.25) is 4.90 Å². The Kier molecular flexibility index (Phi) is 7.18. The number of sulfonamides is 1. The highest BCUT2D eigenvalue weighted by atomic mass is 32.2. The number of halogens is 2. The molecule has 0 spiro atoms. The van der Waals surface area contributed by atoms with Crippen molar-refractivity contribution in [2.75, 3.05) is 26.1 Å². The molecule has 2 saturated heterocycles. The number of hydrogen-bond donors (Lipinski definition) is 1. The molecule has 1 N–H and O–H groups in total. The summed E-state index contributed by atoms with van der Waals surface area (Å²) in [5.74, 6) is 0.846. The van der Waals surface area contributed by atoms with Crippen LogP contribution < -0.4 is 4.72 Å². The molecule has 1 unspecified atom stereocenters. The van der Waals surface area contributed by atoms with Gasteiger partial charge in [0.25, 0.3) is 0 Å². The van der Waals surface area contributed by atoms with E-state index in [1.54, 1.807) is 6.92 Å². The van der Waals surface area contributed by atoms with Crippen molar-refractivity contribution >= 4 is 16.1 Å². The van der Waals surface area contributed by atoms with Crippen LogP contribution in [0.2, 0.25) is 0 Å². The van der Waals surface area contributed by atoms with Crippen LogP contribution in [-0.4, -0.2) is 92.0 Å². The average molecular weight is 545 g/mol. The van der Waals surface area contributed by atoms with Crippen molar-refractivity contribution in [2.45, 2.75) is 81.5 Å². The standard InChI is InChI=1S/C24H34F2N4O6S/c1-13-6-19(29-37(3,32)33)20(30(13)23(31)36-21-12-34-10-18(21)26)11-35-16-4-5-24(14(2)17(24)7-16)22-27-8-15(25)9-28-22/h8-9,13-14,16-21,29H,4-7,10-12H2,1-3H3/t13-,14+,16+,17?,18+,19+,20+,21+,24-/m1/s1. The van der Waals surface area contributed by atoms with E-state index in [4.69, 9.17) is 14.2 Å². The molecule has 4 aliphatic rings. The molecule has 1 amide bonds. The number of nitrogens with one attached hydrogen (secondary N) is 1.